The first-order valence-electron chi connectivity index (χ1n) is 4.99. The summed E-state index contributed by atoms with van der Waals surface area (Å²) in [5, 5.41) is 0.685. The molecule has 15 heavy (non-hydrogen) atoms. The van der Waals surface area contributed by atoms with Gasteiger partial charge in [-0.2, -0.15) is 0 Å². The second kappa shape index (κ2) is 3.20. The van der Waals surface area contributed by atoms with Gasteiger partial charge in [-0.15, -0.1) is 0 Å². The van der Waals surface area contributed by atoms with Gasteiger partial charge < -0.3 is 4.42 Å². The van der Waals surface area contributed by atoms with Gasteiger partial charge in [0, 0.05) is 0 Å². The molecule has 3 rings (SSSR count). The highest BCUT2D eigenvalue weighted by atomic mass is 79.9. The van der Waals surface area contributed by atoms with Crippen molar-refractivity contribution >= 4 is 26.9 Å². The van der Waals surface area contributed by atoms with Gasteiger partial charge in [-0.1, -0.05) is 6.07 Å². The standard InChI is InChI=1S/C12H9BrO2/c13-10-6-15-12-8-3-1-2-7(8)4-5-9(12)11(10)14/h4-6H,1-3H2. The number of benzene rings is 1. The quantitative estimate of drug-likeness (QED) is 0.732. The van der Waals surface area contributed by atoms with Gasteiger partial charge in [-0.3, -0.25) is 4.79 Å². The molecule has 76 valence electrons. The van der Waals surface area contributed by atoms with E-state index in [-0.39, 0.29) is 5.43 Å². The Morgan fingerprint density at radius 3 is 3.00 bits per heavy atom. The van der Waals surface area contributed by atoms with Crippen LogP contribution in [0.25, 0.3) is 11.0 Å². The Kier molecular flexibility index (Phi) is 1.96. The Labute approximate surface area is 95.0 Å². The minimum atomic E-state index is 0.0194. The molecule has 0 aliphatic heterocycles. The summed E-state index contributed by atoms with van der Waals surface area (Å²) in [5.41, 5.74) is 3.34. The van der Waals surface area contributed by atoms with Crippen LogP contribution in [-0.2, 0) is 12.8 Å². The van der Waals surface area contributed by atoms with Crippen molar-refractivity contribution in [2.24, 2.45) is 0 Å². The fraction of sp³-hybridized carbons (Fsp3) is 0.250. The van der Waals surface area contributed by atoms with Crippen molar-refractivity contribution in [2.75, 3.05) is 0 Å². The number of rotatable bonds is 0. The topological polar surface area (TPSA) is 30.2 Å². The average Bonchev–Trinajstić information content (AvgIpc) is 2.71. The van der Waals surface area contributed by atoms with Crippen LogP contribution in [0.4, 0.5) is 0 Å². The maximum Gasteiger partial charge on any atom is 0.206 e. The van der Waals surface area contributed by atoms with E-state index in [4.69, 9.17) is 4.42 Å². The molecule has 1 aromatic carbocycles. The molecule has 0 spiro atoms. The fourth-order valence-electron chi connectivity index (χ4n) is 2.24. The van der Waals surface area contributed by atoms with Crippen molar-refractivity contribution < 1.29 is 4.42 Å². The van der Waals surface area contributed by atoms with E-state index in [9.17, 15) is 4.79 Å². The van der Waals surface area contributed by atoms with Crippen LogP contribution in [0.5, 0.6) is 0 Å². The fourth-order valence-corrected chi connectivity index (χ4v) is 2.55. The third-order valence-corrected chi connectivity index (χ3v) is 3.52. The molecule has 0 unspecified atom stereocenters. The smallest absolute Gasteiger partial charge is 0.206 e. The van der Waals surface area contributed by atoms with Gasteiger partial charge in [0.25, 0.3) is 0 Å². The van der Waals surface area contributed by atoms with Crippen LogP contribution in [0.15, 0.2) is 32.1 Å². The van der Waals surface area contributed by atoms with Crippen LogP contribution in [0.2, 0.25) is 0 Å². The lowest BCUT2D eigenvalue weighted by Gasteiger charge is -2.03. The summed E-state index contributed by atoms with van der Waals surface area (Å²) in [4.78, 5) is 11.8. The van der Waals surface area contributed by atoms with Crippen molar-refractivity contribution in [3.05, 3.63) is 44.2 Å². The average molecular weight is 265 g/mol. The predicted octanol–water partition coefficient (Wildman–Crippen LogP) is 3.04. The van der Waals surface area contributed by atoms with E-state index < -0.39 is 0 Å². The van der Waals surface area contributed by atoms with Crippen molar-refractivity contribution in [1.29, 1.82) is 0 Å². The van der Waals surface area contributed by atoms with Crippen LogP contribution in [0, 0.1) is 0 Å². The Bertz CT molecular complexity index is 598. The Morgan fingerprint density at radius 1 is 1.27 bits per heavy atom. The first-order chi connectivity index (χ1) is 7.27. The van der Waals surface area contributed by atoms with Crippen LogP contribution in [-0.4, -0.2) is 0 Å². The van der Waals surface area contributed by atoms with Crippen LogP contribution in [0.1, 0.15) is 17.5 Å². The zero-order valence-electron chi connectivity index (χ0n) is 8.05. The van der Waals surface area contributed by atoms with E-state index in [1.165, 1.54) is 17.4 Å². The summed E-state index contributed by atoms with van der Waals surface area (Å²) in [6.07, 6.45) is 4.78. The van der Waals surface area contributed by atoms with Gasteiger partial charge in [0.1, 0.15) is 16.3 Å². The molecule has 1 aliphatic carbocycles. The molecule has 3 heteroatoms. The minimum Gasteiger partial charge on any atom is -0.463 e. The van der Waals surface area contributed by atoms with Gasteiger partial charge in [-0.05, 0) is 52.4 Å². The summed E-state index contributed by atoms with van der Waals surface area (Å²) in [6.45, 7) is 0. The van der Waals surface area contributed by atoms with Crippen molar-refractivity contribution in [3.63, 3.8) is 0 Å². The summed E-state index contributed by atoms with van der Waals surface area (Å²) in [5.74, 6) is 0. The lowest BCUT2D eigenvalue weighted by Crippen LogP contribution is -2.02. The minimum absolute atomic E-state index is 0.0194. The molecular weight excluding hydrogens is 256 g/mol. The van der Waals surface area contributed by atoms with Gasteiger partial charge in [0.2, 0.25) is 5.43 Å². The number of halogens is 1. The predicted molar refractivity (Wildman–Crippen MR) is 62.2 cm³/mol. The molecule has 1 aliphatic rings. The van der Waals surface area contributed by atoms with Crippen LogP contribution in [0.3, 0.4) is 0 Å². The largest absolute Gasteiger partial charge is 0.463 e. The zero-order valence-corrected chi connectivity index (χ0v) is 9.63. The van der Waals surface area contributed by atoms with Crippen molar-refractivity contribution in [2.45, 2.75) is 19.3 Å². The molecule has 0 bridgehead atoms. The molecule has 0 N–H and O–H groups in total. The summed E-state index contributed by atoms with van der Waals surface area (Å²) in [6, 6.07) is 3.92. The molecule has 1 aromatic heterocycles. The summed E-state index contributed by atoms with van der Waals surface area (Å²) in [7, 11) is 0. The third kappa shape index (κ3) is 1.26. The van der Waals surface area contributed by atoms with Gasteiger partial charge in [0.05, 0.1) is 5.39 Å². The van der Waals surface area contributed by atoms with E-state index in [1.54, 1.807) is 0 Å². The molecule has 0 amide bonds. The first-order valence-corrected chi connectivity index (χ1v) is 5.78. The van der Waals surface area contributed by atoms with E-state index >= 15 is 0 Å². The Hall–Kier alpha value is -1.09. The zero-order chi connectivity index (χ0) is 10.4. The van der Waals surface area contributed by atoms with Crippen molar-refractivity contribution in [1.82, 2.24) is 0 Å². The lowest BCUT2D eigenvalue weighted by molar-refractivity contribution is 0.594. The molecule has 2 nitrogen and oxygen atoms in total. The Morgan fingerprint density at radius 2 is 2.13 bits per heavy atom. The number of hydrogen-bond donors (Lipinski definition) is 0. The number of fused-ring (bicyclic) bond motifs is 3. The number of aryl methyl sites for hydroxylation is 2. The summed E-state index contributed by atoms with van der Waals surface area (Å²) < 4.78 is 6.01. The van der Waals surface area contributed by atoms with Gasteiger partial charge in [-0.25, -0.2) is 0 Å². The highest BCUT2D eigenvalue weighted by molar-refractivity contribution is 9.10. The number of hydrogen-bond acceptors (Lipinski definition) is 2. The van der Waals surface area contributed by atoms with Crippen molar-refractivity contribution in [3.8, 4) is 0 Å². The second-order valence-electron chi connectivity index (χ2n) is 3.85. The SMILES string of the molecule is O=c1c(Br)coc2c3c(ccc12)CCC3. The highest BCUT2D eigenvalue weighted by Crippen LogP contribution is 2.29. The molecule has 0 atom stereocenters. The maximum atomic E-state index is 11.8. The third-order valence-electron chi connectivity index (χ3n) is 2.97. The van der Waals surface area contributed by atoms with E-state index in [2.05, 4.69) is 15.9 Å². The molecule has 1 heterocycles. The molecule has 2 aromatic rings. The van der Waals surface area contributed by atoms with Crippen LogP contribution < -0.4 is 5.43 Å². The molecule has 0 saturated carbocycles. The van der Waals surface area contributed by atoms with E-state index in [1.807, 2.05) is 12.1 Å². The highest BCUT2D eigenvalue weighted by Gasteiger charge is 2.17. The molecule has 0 fully saturated rings. The second-order valence-corrected chi connectivity index (χ2v) is 4.70. The summed E-state index contributed by atoms with van der Waals surface area (Å²) >= 11 is 3.19. The maximum absolute atomic E-state index is 11.8. The van der Waals surface area contributed by atoms with Gasteiger partial charge in [0.15, 0.2) is 0 Å². The Balaban J connectivity index is 2.49. The monoisotopic (exact) mass is 264 g/mol. The lowest BCUT2D eigenvalue weighted by atomic mass is 10.1. The first kappa shape index (κ1) is 9.16. The molecular formula is C12H9BrO2. The van der Waals surface area contributed by atoms with Gasteiger partial charge >= 0.3 is 0 Å². The van der Waals surface area contributed by atoms with E-state index in [0.29, 0.717) is 9.86 Å². The molecule has 0 radical (unpaired) electrons. The molecule has 0 saturated heterocycles. The van der Waals surface area contributed by atoms with Crippen LogP contribution >= 0.6 is 15.9 Å². The normalized spacial score (nSPS) is 14.5. The van der Waals surface area contributed by atoms with E-state index in [0.717, 1.165) is 24.8 Å².